The number of fused-ring (bicyclic) bond motifs is 1. The first-order chi connectivity index (χ1) is 9.58. The molecule has 1 heterocycles. The second-order valence-corrected chi connectivity index (χ2v) is 12.8. The maximum Gasteiger partial charge on any atom is 0.192 e. The average molecular weight is 314 g/mol. The van der Waals surface area contributed by atoms with Gasteiger partial charge in [0, 0.05) is 12.8 Å². The van der Waals surface area contributed by atoms with Gasteiger partial charge < -0.3 is 19.4 Å². The molecule has 21 heavy (non-hydrogen) atoms. The predicted molar refractivity (Wildman–Crippen MR) is 85.8 cm³/mol. The van der Waals surface area contributed by atoms with Crippen LogP contribution in [0.5, 0.6) is 0 Å². The molecule has 1 saturated carbocycles. The fourth-order valence-corrected chi connectivity index (χ4v) is 4.13. The van der Waals surface area contributed by atoms with Gasteiger partial charge >= 0.3 is 0 Å². The van der Waals surface area contributed by atoms with E-state index in [9.17, 15) is 10.2 Å². The van der Waals surface area contributed by atoms with Crippen molar-refractivity contribution in [2.45, 2.75) is 76.0 Å². The zero-order chi connectivity index (χ0) is 15.9. The Labute approximate surface area is 129 Å². The quantitative estimate of drug-likeness (QED) is 0.621. The Morgan fingerprint density at radius 1 is 1.38 bits per heavy atom. The van der Waals surface area contributed by atoms with Crippen molar-refractivity contribution < 1.29 is 19.4 Å². The Morgan fingerprint density at radius 3 is 2.62 bits per heavy atom. The summed E-state index contributed by atoms with van der Waals surface area (Å²) in [7, 11) is -1.93. The first kappa shape index (κ1) is 17.2. The van der Waals surface area contributed by atoms with Gasteiger partial charge in [0.15, 0.2) is 8.32 Å². The summed E-state index contributed by atoms with van der Waals surface area (Å²) in [6.07, 6.45) is 3.79. The van der Waals surface area contributed by atoms with Gasteiger partial charge in [-0.2, -0.15) is 0 Å². The third kappa shape index (κ3) is 3.59. The highest BCUT2D eigenvalue weighted by Crippen LogP contribution is 2.43. The second-order valence-electron chi connectivity index (χ2n) is 8.01. The van der Waals surface area contributed by atoms with Gasteiger partial charge in [0.25, 0.3) is 0 Å². The summed E-state index contributed by atoms with van der Waals surface area (Å²) < 4.78 is 12.3. The molecule has 0 unspecified atom stereocenters. The van der Waals surface area contributed by atoms with Crippen molar-refractivity contribution in [1.29, 1.82) is 0 Å². The van der Waals surface area contributed by atoms with E-state index in [4.69, 9.17) is 9.16 Å². The molecule has 122 valence electrons. The van der Waals surface area contributed by atoms with E-state index in [0.717, 1.165) is 6.42 Å². The maximum absolute atomic E-state index is 10.6. The molecule has 4 nitrogen and oxygen atoms in total. The number of rotatable bonds is 3. The third-order valence-electron chi connectivity index (χ3n) is 5.23. The SMILES string of the molecule is CC(C)(C)[Si](C)(C)O[C@@H]1C[C@@](O)(CO)C[C@H]2OCCC=C21. The minimum Gasteiger partial charge on any atom is -0.410 e. The lowest BCUT2D eigenvalue weighted by atomic mass is 9.77. The van der Waals surface area contributed by atoms with Crippen molar-refractivity contribution in [3.63, 3.8) is 0 Å². The van der Waals surface area contributed by atoms with Crippen LogP contribution in [0.3, 0.4) is 0 Å². The van der Waals surface area contributed by atoms with Crippen LogP contribution in [0.2, 0.25) is 18.1 Å². The minimum atomic E-state index is -1.93. The molecular formula is C16H30O4Si. The normalized spacial score (nSPS) is 34.3. The Bertz CT molecular complexity index is 413. The molecule has 0 amide bonds. The fourth-order valence-electron chi connectivity index (χ4n) is 2.84. The van der Waals surface area contributed by atoms with Crippen molar-refractivity contribution in [2.75, 3.05) is 13.2 Å². The zero-order valence-corrected chi connectivity index (χ0v) is 15.0. The van der Waals surface area contributed by atoms with E-state index in [1.54, 1.807) is 0 Å². The van der Waals surface area contributed by atoms with Gasteiger partial charge in [0.1, 0.15) is 0 Å². The molecule has 0 radical (unpaired) electrons. The van der Waals surface area contributed by atoms with Gasteiger partial charge in [0.2, 0.25) is 0 Å². The number of hydrogen-bond donors (Lipinski definition) is 2. The van der Waals surface area contributed by atoms with Crippen molar-refractivity contribution in [2.24, 2.45) is 0 Å². The minimum absolute atomic E-state index is 0.112. The number of ether oxygens (including phenoxy) is 1. The lowest BCUT2D eigenvalue weighted by Gasteiger charge is -2.47. The highest BCUT2D eigenvalue weighted by atomic mass is 28.4. The molecule has 1 aliphatic heterocycles. The van der Waals surface area contributed by atoms with Crippen LogP contribution in [0.1, 0.15) is 40.0 Å². The number of aliphatic hydroxyl groups excluding tert-OH is 1. The molecule has 2 N–H and O–H groups in total. The van der Waals surface area contributed by atoms with Gasteiger partial charge in [-0.15, -0.1) is 0 Å². The summed E-state index contributed by atoms with van der Waals surface area (Å²) in [6, 6.07) is 0. The number of aliphatic hydroxyl groups is 2. The molecule has 0 aromatic carbocycles. The molecule has 1 fully saturated rings. The summed E-state index contributed by atoms with van der Waals surface area (Å²) in [4.78, 5) is 0. The van der Waals surface area contributed by atoms with Crippen LogP contribution in [-0.4, -0.2) is 49.6 Å². The van der Waals surface area contributed by atoms with Crippen molar-refractivity contribution in [3.05, 3.63) is 11.6 Å². The van der Waals surface area contributed by atoms with Crippen LogP contribution in [0, 0.1) is 0 Å². The van der Waals surface area contributed by atoms with E-state index >= 15 is 0 Å². The molecule has 2 aliphatic rings. The van der Waals surface area contributed by atoms with Gasteiger partial charge in [0.05, 0.1) is 31.0 Å². The molecule has 2 rings (SSSR count). The summed E-state index contributed by atoms with van der Waals surface area (Å²) in [5.41, 5.74) is 0.0797. The van der Waals surface area contributed by atoms with Crippen molar-refractivity contribution in [1.82, 2.24) is 0 Å². The summed E-state index contributed by atoms with van der Waals surface area (Å²) in [5, 5.41) is 20.2. The largest absolute Gasteiger partial charge is 0.410 e. The van der Waals surface area contributed by atoms with Gasteiger partial charge in [-0.1, -0.05) is 26.8 Å². The van der Waals surface area contributed by atoms with Crippen LogP contribution in [0.4, 0.5) is 0 Å². The highest BCUT2D eigenvalue weighted by molar-refractivity contribution is 6.74. The van der Waals surface area contributed by atoms with Crippen molar-refractivity contribution in [3.8, 4) is 0 Å². The molecule has 5 heteroatoms. The first-order valence-corrected chi connectivity index (χ1v) is 10.8. The second kappa shape index (κ2) is 5.78. The smallest absolute Gasteiger partial charge is 0.192 e. The van der Waals surface area contributed by atoms with Crippen LogP contribution < -0.4 is 0 Å². The van der Waals surface area contributed by atoms with E-state index in [-0.39, 0.29) is 23.9 Å². The summed E-state index contributed by atoms with van der Waals surface area (Å²) in [5.74, 6) is 0. The Kier molecular flexibility index (Phi) is 4.72. The van der Waals surface area contributed by atoms with Crippen LogP contribution in [0.15, 0.2) is 11.6 Å². The molecule has 1 aliphatic carbocycles. The maximum atomic E-state index is 10.6. The fraction of sp³-hybridized carbons (Fsp3) is 0.875. The molecule has 0 aromatic heterocycles. The van der Waals surface area contributed by atoms with Crippen LogP contribution in [0.25, 0.3) is 0 Å². The van der Waals surface area contributed by atoms with Gasteiger partial charge in [-0.05, 0) is 30.1 Å². The Balaban J connectivity index is 2.24. The average Bonchev–Trinajstić information content (AvgIpc) is 2.37. The molecule has 3 atom stereocenters. The van der Waals surface area contributed by atoms with E-state index < -0.39 is 13.9 Å². The highest BCUT2D eigenvalue weighted by Gasteiger charge is 2.47. The van der Waals surface area contributed by atoms with E-state index in [0.29, 0.717) is 19.4 Å². The third-order valence-corrected chi connectivity index (χ3v) is 9.71. The van der Waals surface area contributed by atoms with E-state index in [2.05, 4.69) is 39.9 Å². The lowest BCUT2D eigenvalue weighted by molar-refractivity contribution is -0.104. The Morgan fingerprint density at radius 2 is 2.05 bits per heavy atom. The summed E-state index contributed by atoms with van der Waals surface area (Å²) >= 11 is 0. The summed E-state index contributed by atoms with van der Waals surface area (Å²) in [6.45, 7) is 11.5. The first-order valence-electron chi connectivity index (χ1n) is 7.91. The molecule has 0 saturated heterocycles. The van der Waals surface area contributed by atoms with Crippen LogP contribution >= 0.6 is 0 Å². The zero-order valence-electron chi connectivity index (χ0n) is 14.0. The van der Waals surface area contributed by atoms with Crippen molar-refractivity contribution >= 4 is 8.32 Å². The molecule has 0 spiro atoms. The van der Waals surface area contributed by atoms with E-state index in [1.807, 2.05) is 0 Å². The van der Waals surface area contributed by atoms with Gasteiger partial charge in [-0.25, -0.2) is 0 Å². The van der Waals surface area contributed by atoms with Gasteiger partial charge in [-0.3, -0.25) is 0 Å². The Hall–Kier alpha value is -0.203. The van der Waals surface area contributed by atoms with Crippen LogP contribution in [-0.2, 0) is 9.16 Å². The lowest BCUT2D eigenvalue weighted by Crippen LogP contribution is -2.54. The molecule has 0 aromatic rings. The molecular weight excluding hydrogens is 284 g/mol. The monoisotopic (exact) mass is 314 g/mol. The number of hydrogen-bond acceptors (Lipinski definition) is 4. The standard InChI is InChI=1S/C16H30O4Si/c1-15(2,3)21(4,5)20-14-10-16(18,11-17)9-13-12(14)7-6-8-19-13/h7,13-14,17-18H,6,8-11H2,1-5H3/t13-,14-,16-/m1/s1. The topological polar surface area (TPSA) is 58.9 Å². The van der Waals surface area contributed by atoms with E-state index in [1.165, 1.54) is 5.57 Å². The predicted octanol–water partition coefficient (Wildman–Crippen LogP) is 2.61. The molecule has 0 bridgehead atoms.